The Morgan fingerprint density at radius 1 is 1.23 bits per heavy atom. The van der Waals surface area contributed by atoms with Gasteiger partial charge in [-0.05, 0) is 25.0 Å². The van der Waals surface area contributed by atoms with Crippen LogP contribution in [0.2, 0.25) is 10.0 Å². The molecule has 1 heterocycles. The van der Waals surface area contributed by atoms with Gasteiger partial charge in [0, 0.05) is 11.1 Å². The van der Waals surface area contributed by atoms with Crippen LogP contribution in [0.1, 0.15) is 26.7 Å². The quantitative estimate of drug-likeness (QED) is 0.803. The summed E-state index contributed by atoms with van der Waals surface area (Å²) >= 11 is 11.9. The van der Waals surface area contributed by atoms with Gasteiger partial charge < -0.3 is 10.1 Å². The van der Waals surface area contributed by atoms with Gasteiger partial charge in [0.15, 0.2) is 0 Å². The van der Waals surface area contributed by atoms with Crippen LogP contribution in [-0.2, 0) is 4.79 Å². The number of benzene rings is 1. The van der Waals surface area contributed by atoms with Gasteiger partial charge in [0.05, 0.1) is 11.6 Å². The minimum atomic E-state index is -0.787. The number of urea groups is 1. The summed E-state index contributed by atoms with van der Waals surface area (Å²) in [6, 6.07) is 4.50. The number of ether oxygens (including phenoxy) is 1. The molecule has 120 valence electrons. The number of carbonyl (C=O) groups is 2. The summed E-state index contributed by atoms with van der Waals surface area (Å²) < 4.78 is 5.52. The number of imide groups is 1. The number of hydrogen-bond acceptors (Lipinski definition) is 3. The van der Waals surface area contributed by atoms with Gasteiger partial charge in [-0.1, -0.05) is 37.0 Å². The summed E-state index contributed by atoms with van der Waals surface area (Å²) in [7, 11) is 0. The van der Waals surface area contributed by atoms with Crippen LogP contribution in [0.4, 0.5) is 4.79 Å². The highest BCUT2D eigenvalue weighted by atomic mass is 35.5. The molecule has 1 saturated heterocycles. The third-order valence-electron chi connectivity index (χ3n) is 3.92. The first-order valence-corrected chi connectivity index (χ1v) is 7.91. The first kappa shape index (κ1) is 16.9. The Morgan fingerprint density at radius 3 is 2.50 bits per heavy atom. The van der Waals surface area contributed by atoms with E-state index in [-0.39, 0.29) is 25.1 Å². The van der Waals surface area contributed by atoms with Crippen LogP contribution < -0.4 is 10.1 Å². The fraction of sp³-hybridized carbons (Fsp3) is 0.467. The molecule has 0 aromatic heterocycles. The molecule has 5 nitrogen and oxygen atoms in total. The molecule has 1 aromatic rings. The fourth-order valence-corrected chi connectivity index (χ4v) is 2.78. The second-order valence-corrected chi connectivity index (χ2v) is 5.94. The highest BCUT2D eigenvalue weighted by Crippen LogP contribution is 2.28. The number of carbonyl (C=O) groups excluding carboxylic acids is 2. The molecule has 0 radical (unpaired) electrons. The minimum absolute atomic E-state index is 0.155. The van der Waals surface area contributed by atoms with E-state index in [2.05, 4.69) is 5.32 Å². The van der Waals surface area contributed by atoms with Crippen LogP contribution in [0.15, 0.2) is 18.2 Å². The topological polar surface area (TPSA) is 58.6 Å². The van der Waals surface area contributed by atoms with Crippen LogP contribution in [-0.4, -0.2) is 35.5 Å². The van der Waals surface area contributed by atoms with Crippen molar-refractivity contribution in [3.05, 3.63) is 28.2 Å². The molecular formula is C15H18Cl2N2O3. The standard InChI is InChI=1S/C15H18Cl2N2O3/c1-3-15(4-2)13(20)19(14(21)18-15)7-8-22-12-9-10(16)5-6-11(12)17/h5-6,9H,3-4,7-8H2,1-2H3,(H,18,21). The van der Waals surface area contributed by atoms with Crippen molar-refractivity contribution < 1.29 is 14.3 Å². The first-order chi connectivity index (χ1) is 10.4. The van der Waals surface area contributed by atoms with Gasteiger partial charge in [0.2, 0.25) is 0 Å². The highest BCUT2D eigenvalue weighted by Gasteiger charge is 2.48. The lowest BCUT2D eigenvalue weighted by molar-refractivity contribution is -0.131. The largest absolute Gasteiger partial charge is 0.490 e. The van der Waals surface area contributed by atoms with Gasteiger partial charge in [-0.15, -0.1) is 0 Å². The van der Waals surface area contributed by atoms with Crippen LogP contribution in [0.3, 0.4) is 0 Å². The Labute approximate surface area is 139 Å². The average molecular weight is 345 g/mol. The van der Waals surface area contributed by atoms with Crippen LogP contribution in [0.25, 0.3) is 0 Å². The summed E-state index contributed by atoms with van der Waals surface area (Å²) in [5.74, 6) is 0.224. The molecule has 22 heavy (non-hydrogen) atoms. The lowest BCUT2D eigenvalue weighted by atomic mass is 9.93. The second kappa shape index (κ2) is 6.75. The van der Waals surface area contributed by atoms with Crippen molar-refractivity contribution >= 4 is 35.1 Å². The van der Waals surface area contributed by atoms with E-state index in [0.717, 1.165) is 0 Å². The van der Waals surface area contributed by atoms with Crippen molar-refractivity contribution in [2.45, 2.75) is 32.2 Å². The molecule has 3 amide bonds. The van der Waals surface area contributed by atoms with Gasteiger partial charge in [-0.25, -0.2) is 4.79 Å². The Hall–Kier alpha value is -1.46. The molecule has 0 bridgehead atoms. The minimum Gasteiger partial charge on any atom is -0.490 e. The molecule has 1 fully saturated rings. The zero-order chi connectivity index (χ0) is 16.3. The van der Waals surface area contributed by atoms with Crippen molar-refractivity contribution in [3.63, 3.8) is 0 Å². The zero-order valence-electron chi connectivity index (χ0n) is 12.5. The lowest BCUT2D eigenvalue weighted by Gasteiger charge is -2.23. The normalized spacial score (nSPS) is 16.8. The van der Waals surface area contributed by atoms with Gasteiger partial charge in [-0.3, -0.25) is 9.69 Å². The predicted molar refractivity (Wildman–Crippen MR) is 85.5 cm³/mol. The molecule has 0 spiro atoms. The van der Waals surface area contributed by atoms with Gasteiger partial charge in [0.25, 0.3) is 5.91 Å². The van der Waals surface area contributed by atoms with Gasteiger partial charge in [0.1, 0.15) is 17.9 Å². The fourth-order valence-electron chi connectivity index (χ4n) is 2.44. The van der Waals surface area contributed by atoms with E-state index in [1.165, 1.54) is 4.90 Å². The van der Waals surface area contributed by atoms with E-state index in [1.807, 2.05) is 13.8 Å². The third-order valence-corrected chi connectivity index (χ3v) is 4.47. The van der Waals surface area contributed by atoms with Crippen LogP contribution in [0.5, 0.6) is 5.75 Å². The van der Waals surface area contributed by atoms with E-state index in [1.54, 1.807) is 18.2 Å². The van der Waals surface area contributed by atoms with Crippen molar-refractivity contribution in [1.29, 1.82) is 0 Å². The summed E-state index contributed by atoms with van der Waals surface area (Å²) in [6.07, 6.45) is 1.12. The molecule has 0 atom stereocenters. The molecular weight excluding hydrogens is 327 g/mol. The summed E-state index contributed by atoms with van der Waals surface area (Å²) in [5.41, 5.74) is -0.787. The molecule has 0 aliphatic carbocycles. The molecule has 1 aliphatic heterocycles. The Morgan fingerprint density at radius 2 is 1.91 bits per heavy atom. The predicted octanol–water partition coefficient (Wildman–Crippen LogP) is 3.48. The smallest absolute Gasteiger partial charge is 0.325 e. The highest BCUT2D eigenvalue weighted by molar-refractivity contribution is 6.34. The Bertz CT molecular complexity index is 588. The Balaban J connectivity index is 1.99. The summed E-state index contributed by atoms with van der Waals surface area (Å²) in [5, 5.41) is 3.70. The van der Waals surface area contributed by atoms with E-state index in [0.29, 0.717) is 28.6 Å². The third kappa shape index (κ3) is 3.15. The number of nitrogens with one attached hydrogen (secondary N) is 1. The number of nitrogens with zero attached hydrogens (tertiary/aromatic N) is 1. The van der Waals surface area contributed by atoms with Crippen LogP contribution >= 0.6 is 23.2 Å². The molecule has 2 rings (SSSR count). The number of halogens is 2. The van der Waals surface area contributed by atoms with Crippen molar-refractivity contribution in [1.82, 2.24) is 10.2 Å². The van der Waals surface area contributed by atoms with Crippen molar-refractivity contribution in [2.24, 2.45) is 0 Å². The number of hydrogen-bond donors (Lipinski definition) is 1. The first-order valence-electron chi connectivity index (χ1n) is 7.15. The number of rotatable bonds is 6. The molecule has 1 aliphatic rings. The SMILES string of the molecule is CCC1(CC)NC(=O)N(CCOc2cc(Cl)ccc2Cl)C1=O. The maximum absolute atomic E-state index is 12.4. The molecule has 0 saturated carbocycles. The van der Waals surface area contributed by atoms with E-state index in [4.69, 9.17) is 27.9 Å². The summed E-state index contributed by atoms with van der Waals surface area (Å²) in [6.45, 7) is 4.08. The van der Waals surface area contributed by atoms with Crippen molar-refractivity contribution in [3.8, 4) is 5.75 Å². The molecule has 1 aromatic carbocycles. The van der Waals surface area contributed by atoms with E-state index in [9.17, 15) is 9.59 Å². The monoisotopic (exact) mass is 344 g/mol. The van der Waals surface area contributed by atoms with Gasteiger partial charge in [-0.2, -0.15) is 0 Å². The lowest BCUT2D eigenvalue weighted by Crippen LogP contribution is -2.46. The van der Waals surface area contributed by atoms with Gasteiger partial charge >= 0.3 is 6.03 Å². The van der Waals surface area contributed by atoms with E-state index >= 15 is 0 Å². The zero-order valence-corrected chi connectivity index (χ0v) is 14.0. The maximum Gasteiger partial charge on any atom is 0.325 e. The van der Waals surface area contributed by atoms with Crippen molar-refractivity contribution in [2.75, 3.05) is 13.2 Å². The molecule has 7 heteroatoms. The maximum atomic E-state index is 12.4. The van der Waals surface area contributed by atoms with Crippen LogP contribution in [0, 0.1) is 0 Å². The average Bonchev–Trinajstić information content (AvgIpc) is 2.75. The number of amides is 3. The molecule has 1 N–H and O–H groups in total. The van der Waals surface area contributed by atoms with E-state index < -0.39 is 5.54 Å². The second-order valence-electron chi connectivity index (χ2n) is 5.10. The molecule has 0 unspecified atom stereocenters. The summed E-state index contributed by atoms with van der Waals surface area (Å²) in [4.78, 5) is 25.6. The Kier molecular flexibility index (Phi) is 5.19.